The summed E-state index contributed by atoms with van der Waals surface area (Å²) < 4.78 is 13.5. The lowest BCUT2D eigenvalue weighted by atomic mass is 9.79. The van der Waals surface area contributed by atoms with E-state index in [-0.39, 0.29) is 18.3 Å². The van der Waals surface area contributed by atoms with Gasteiger partial charge in [0.2, 0.25) is 0 Å². The zero-order valence-corrected chi connectivity index (χ0v) is 11.5. The van der Waals surface area contributed by atoms with E-state index in [1.807, 2.05) is 6.07 Å². The number of aliphatic hydroxyl groups excluding tert-OH is 1. The Balaban J connectivity index is 1.95. The normalized spacial score (nSPS) is 22.7. The zero-order chi connectivity index (χ0) is 14.5. The molecule has 1 aliphatic rings. The summed E-state index contributed by atoms with van der Waals surface area (Å²) in [5, 5.41) is 17.9. The van der Waals surface area contributed by atoms with Gasteiger partial charge in [0.1, 0.15) is 5.82 Å². The molecular formula is C16H21FO3. The summed E-state index contributed by atoms with van der Waals surface area (Å²) in [5.41, 5.74) is 1.77. The molecular weight excluding hydrogens is 259 g/mol. The number of carboxylic acids is 1. The standard InChI is InChI=1S/C16H21FO3/c17-15-9-12(5-6-18)8-13(10-15)7-11-1-3-14(4-2-11)16(19)20/h8-11,14,18H,1-7H2,(H,19,20)/t11-,14-. The van der Waals surface area contributed by atoms with Gasteiger partial charge in [-0.3, -0.25) is 4.79 Å². The van der Waals surface area contributed by atoms with Gasteiger partial charge in [0.05, 0.1) is 5.92 Å². The Morgan fingerprint density at radius 3 is 2.40 bits per heavy atom. The number of carboxylic acid groups (broad SMARTS) is 1. The third-order valence-electron chi connectivity index (χ3n) is 4.14. The third kappa shape index (κ3) is 4.04. The summed E-state index contributed by atoms with van der Waals surface area (Å²) in [7, 11) is 0. The maximum Gasteiger partial charge on any atom is 0.306 e. The van der Waals surface area contributed by atoms with Crippen LogP contribution < -0.4 is 0 Å². The van der Waals surface area contributed by atoms with Crippen LogP contribution in [0.3, 0.4) is 0 Å². The van der Waals surface area contributed by atoms with E-state index in [0.29, 0.717) is 12.3 Å². The van der Waals surface area contributed by atoms with E-state index in [4.69, 9.17) is 10.2 Å². The number of hydrogen-bond acceptors (Lipinski definition) is 2. The molecule has 1 saturated carbocycles. The van der Waals surface area contributed by atoms with Gasteiger partial charge in [0.25, 0.3) is 0 Å². The van der Waals surface area contributed by atoms with Gasteiger partial charge in [-0.15, -0.1) is 0 Å². The molecule has 2 rings (SSSR count). The molecule has 20 heavy (non-hydrogen) atoms. The van der Waals surface area contributed by atoms with Crippen molar-refractivity contribution in [2.45, 2.75) is 38.5 Å². The number of benzene rings is 1. The third-order valence-corrected chi connectivity index (χ3v) is 4.14. The zero-order valence-electron chi connectivity index (χ0n) is 11.5. The van der Waals surface area contributed by atoms with Crippen molar-refractivity contribution in [3.8, 4) is 0 Å². The summed E-state index contributed by atoms with van der Waals surface area (Å²) in [4.78, 5) is 10.9. The second-order valence-corrected chi connectivity index (χ2v) is 5.70. The number of carbonyl (C=O) groups is 1. The van der Waals surface area contributed by atoms with E-state index in [0.717, 1.165) is 43.2 Å². The van der Waals surface area contributed by atoms with Crippen LogP contribution in [0.2, 0.25) is 0 Å². The minimum Gasteiger partial charge on any atom is -0.481 e. The lowest BCUT2D eigenvalue weighted by Crippen LogP contribution is -2.22. The van der Waals surface area contributed by atoms with Gasteiger partial charge in [-0.1, -0.05) is 6.07 Å². The lowest BCUT2D eigenvalue weighted by molar-refractivity contribution is -0.143. The van der Waals surface area contributed by atoms with Gasteiger partial charge in [-0.05, 0) is 67.7 Å². The Labute approximate surface area is 118 Å². The largest absolute Gasteiger partial charge is 0.481 e. The first kappa shape index (κ1) is 15.0. The van der Waals surface area contributed by atoms with Crippen LogP contribution in [-0.4, -0.2) is 22.8 Å². The Morgan fingerprint density at radius 1 is 1.15 bits per heavy atom. The van der Waals surface area contributed by atoms with Crippen molar-refractivity contribution in [1.82, 2.24) is 0 Å². The molecule has 1 aromatic rings. The first-order valence-electron chi connectivity index (χ1n) is 7.20. The molecule has 2 N–H and O–H groups in total. The van der Waals surface area contributed by atoms with E-state index in [2.05, 4.69) is 0 Å². The summed E-state index contributed by atoms with van der Waals surface area (Å²) >= 11 is 0. The Morgan fingerprint density at radius 2 is 1.80 bits per heavy atom. The minimum atomic E-state index is -0.695. The fourth-order valence-electron chi connectivity index (χ4n) is 3.06. The molecule has 4 heteroatoms. The van der Waals surface area contributed by atoms with Crippen LogP contribution in [0.15, 0.2) is 18.2 Å². The second kappa shape index (κ2) is 6.84. The molecule has 0 radical (unpaired) electrons. The molecule has 110 valence electrons. The van der Waals surface area contributed by atoms with Crippen molar-refractivity contribution >= 4 is 5.97 Å². The summed E-state index contributed by atoms with van der Waals surface area (Å²) in [6.45, 7) is 0.0204. The van der Waals surface area contributed by atoms with Crippen LogP contribution in [0, 0.1) is 17.7 Å². The van der Waals surface area contributed by atoms with E-state index < -0.39 is 5.97 Å². The predicted octanol–water partition coefficient (Wildman–Crippen LogP) is 2.79. The fourth-order valence-corrected chi connectivity index (χ4v) is 3.06. The average Bonchev–Trinajstić information content (AvgIpc) is 2.39. The maximum atomic E-state index is 13.5. The molecule has 1 aliphatic carbocycles. The number of aliphatic hydroxyl groups is 1. The monoisotopic (exact) mass is 280 g/mol. The first-order chi connectivity index (χ1) is 9.58. The molecule has 0 saturated heterocycles. The smallest absolute Gasteiger partial charge is 0.306 e. The molecule has 0 heterocycles. The van der Waals surface area contributed by atoms with Crippen molar-refractivity contribution in [2.75, 3.05) is 6.61 Å². The molecule has 3 nitrogen and oxygen atoms in total. The average molecular weight is 280 g/mol. The van der Waals surface area contributed by atoms with Gasteiger partial charge in [-0.2, -0.15) is 0 Å². The van der Waals surface area contributed by atoms with Crippen LogP contribution in [0.25, 0.3) is 0 Å². The highest BCUT2D eigenvalue weighted by Crippen LogP contribution is 2.31. The molecule has 0 spiro atoms. The minimum absolute atomic E-state index is 0.0204. The topological polar surface area (TPSA) is 57.5 Å². The number of aliphatic carboxylic acids is 1. The summed E-state index contributed by atoms with van der Waals surface area (Å²) in [6, 6.07) is 4.95. The number of halogens is 1. The fraction of sp³-hybridized carbons (Fsp3) is 0.562. The highest BCUT2D eigenvalue weighted by Gasteiger charge is 2.25. The summed E-state index contributed by atoms with van der Waals surface area (Å²) in [6.07, 6.45) is 4.49. The van der Waals surface area contributed by atoms with E-state index in [1.54, 1.807) is 6.07 Å². The summed E-state index contributed by atoms with van der Waals surface area (Å²) in [5.74, 6) is -0.720. The van der Waals surface area contributed by atoms with Crippen LogP contribution in [0.5, 0.6) is 0 Å². The molecule has 0 unspecified atom stereocenters. The highest BCUT2D eigenvalue weighted by molar-refractivity contribution is 5.69. The number of hydrogen-bond donors (Lipinski definition) is 2. The van der Waals surface area contributed by atoms with Crippen LogP contribution in [0.4, 0.5) is 4.39 Å². The van der Waals surface area contributed by atoms with E-state index >= 15 is 0 Å². The Kier molecular flexibility index (Phi) is 5.12. The Hall–Kier alpha value is -1.42. The van der Waals surface area contributed by atoms with Gasteiger partial charge in [0, 0.05) is 6.61 Å². The van der Waals surface area contributed by atoms with Crippen molar-refractivity contribution in [3.63, 3.8) is 0 Å². The SMILES string of the molecule is O=C(O)[C@H]1CC[C@H](Cc2cc(F)cc(CCO)c2)CC1. The highest BCUT2D eigenvalue weighted by atomic mass is 19.1. The molecule has 1 fully saturated rings. The van der Waals surface area contributed by atoms with Crippen molar-refractivity contribution in [2.24, 2.45) is 11.8 Å². The van der Waals surface area contributed by atoms with E-state index in [1.165, 1.54) is 6.07 Å². The second-order valence-electron chi connectivity index (χ2n) is 5.70. The molecule has 0 aliphatic heterocycles. The first-order valence-corrected chi connectivity index (χ1v) is 7.20. The lowest BCUT2D eigenvalue weighted by Gasteiger charge is -2.26. The molecule has 0 amide bonds. The van der Waals surface area contributed by atoms with Gasteiger partial charge >= 0.3 is 5.97 Å². The molecule has 1 aromatic carbocycles. The predicted molar refractivity (Wildman–Crippen MR) is 74.0 cm³/mol. The number of rotatable bonds is 5. The van der Waals surface area contributed by atoms with Crippen LogP contribution in [-0.2, 0) is 17.6 Å². The molecule has 0 atom stereocenters. The van der Waals surface area contributed by atoms with Crippen LogP contribution >= 0.6 is 0 Å². The van der Waals surface area contributed by atoms with Crippen molar-refractivity contribution < 1.29 is 19.4 Å². The van der Waals surface area contributed by atoms with E-state index in [9.17, 15) is 9.18 Å². The van der Waals surface area contributed by atoms with Gasteiger partial charge < -0.3 is 10.2 Å². The van der Waals surface area contributed by atoms with Crippen LogP contribution in [0.1, 0.15) is 36.8 Å². The van der Waals surface area contributed by atoms with Crippen molar-refractivity contribution in [3.05, 3.63) is 35.1 Å². The maximum absolute atomic E-state index is 13.5. The molecule has 0 bridgehead atoms. The quantitative estimate of drug-likeness (QED) is 0.872. The van der Waals surface area contributed by atoms with Crippen molar-refractivity contribution in [1.29, 1.82) is 0 Å². The molecule has 0 aromatic heterocycles. The van der Waals surface area contributed by atoms with Gasteiger partial charge in [0.15, 0.2) is 0 Å². The Bertz CT molecular complexity index is 465. The van der Waals surface area contributed by atoms with Gasteiger partial charge in [-0.25, -0.2) is 4.39 Å².